The molecule has 1 heterocycles. The van der Waals surface area contributed by atoms with Gasteiger partial charge in [-0.15, -0.1) is 0 Å². The van der Waals surface area contributed by atoms with Crippen molar-refractivity contribution in [2.45, 2.75) is 6.54 Å². The normalized spacial score (nSPS) is 10.3. The summed E-state index contributed by atoms with van der Waals surface area (Å²) < 4.78 is 6.74. The zero-order valence-corrected chi connectivity index (χ0v) is 10.4. The predicted octanol–water partition coefficient (Wildman–Crippen LogP) is 2.29. The molecule has 2 aromatic rings. The van der Waals surface area contributed by atoms with Gasteiger partial charge >= 0.3 is 5.97 Å². The van der Waals surface area contributed by atoms with Crippen LogP contribution in [0.2, 0.25) is 5.02 Å². The highest BCUT2D eigenvalue weighted by Crippen LogP contribution is 2.25. The molecule has 0 aliphatic heterocycles. The molecule has 1 aromatic carbocycles. The van der Waals surface area contributed by atoms with Crippen molar-refractivity contribution in [2.24, 2.45) is 0 Å². The SMILES string of the molecule is COc1ccc(Cn2cnc(C(=O)O)c2)cc1Cl. The number of methoxy groups -OCH3 is 1. The molecule has 0 aliphatic carbocycles. The fourth-order valence-corrected chi connectivity index (χ4v) is 1.86. The lowest BCUT2D eigenvalue weighted by Crippen LogP contribution is -1.98. The van der Waals surface area contributed by atoms with E-state index in [2.05, 4.69) is 4.98 Å². The lowest BCUT2D eigenvalue weighted by molar-refractivity contribution is 0.0691. The highest BCUT2D eigenvalue weighted by atomic mass is 35.5. The highest BCUT2D eigenvalue weighted by molar-refractivity contribution is 6.32. The number of ether oxygens (including phenoxy) is 1. The van der Waals surface area contributed by atoms with Gasteiger partial charge in [-0.1, -0.05) is 17.7 Å². The lowest BCUT2D eigenvalue weighted by Gasteiger charge is -2.06. The van der Waals surface area contributed by atoms with E-state index in [9.17, 15) is 4.79 Å². The number of nitrogens with zero attached hydrogens (tertiary/aromatic N) is 2. The number of rotatable bonds is 4. The maximum atomic E-state index is 10.7. The minimum absolute atomic E-state index is 0.0228. The molecule has 1 N–H and O–H groups in total. The Morgan fingerprint density at radius 3 is 2.89 bits per heavy atom. The van der Waals surface area contributed by atoms with Crippen molar-refractivity contribution in [1.82, 2.24) is 9.55 Å². The second-order valence-electron chi connectivity index (χ2n) is 3.71. The summed E-state index contributed by atoms with van der Waals surface area (Å²) in [6, 6.07) is 5.42. The largest absolute Gasteiger partial charge is 0.495 e. The smallest absolute Gasteiger partial charge is 0.356 e. The van der Waals surface area contributed by atoms with E-state index in [0.29, 0.717) is 17.3 Å². The summed E-state index contributed by atoms with van der Waals surface area (Å²) in [6.45, 7) is 0.504. The molecule has 2 rings (SSSR count). The average molecular weight is 267 g/mol. The van der Waals surface area contributed by atoms with Gasteiger partial charge in [0.1, 0.15) is 5.75 Å². The molecule has 0 bridgehead atoms. The molecule has 5 nitrogen and oxygen atoms in total. The van der Waals surface area contributed by atoms with Crippen molar-refractivity contribution in [1.29, 1.82) is 0 Å². The monoisotopic (exact) mass is 266 g/mol. The van der Waals surface area contributed by atoms with E-state index in [0.717, 1.165) is 5.56 Å². The number of halogens is 1. The molecule has 0 saturated heterocycles. The van der Waals surface area contributed by atoms with E-state index in [1.165, 1.54) is 12.5 Å². The molecule has 0 unspecified atom stereocenters. The van der Waals surface area contributed by atoms with Crippen LogP contribution in [0.4, 0.5) is 0 Å². The van der Waals surface area contributed by atoms with E-state index in [1.54, 1.807) is 23.8 Å². The van der Waals surface area contributed by atoms with Gasteiger partial charge in [-0.2, -0.15) is 0 Å². The molecule has 6 heteroatoms. The van der Waals surface area contributed by atoms with Crippen LogP contribution in [0.15, 0.2) is 30.7 Å². The molecule has 0 atom stereocenters. The fourth-order valence-electron chi connectivity index (χ4n) is 1.58. The Bertz CT molecular complexity index is 580. The van der Waals surface area contributed by atoms with Crippen LogP contribution in [-0.2, 0) is 6.54 Å². The van der Waals surface area contributed by atoms with E-state index in [4.69, 9.17) is 21.4 Å². The standard InChI is InChI=1S/C12H11ClN2O3/c1-18-11-3-2-8(4-9(11)13)5-15-6-10(12(16)17)14-7-15/h2-4,6-7H,5H2,1H3,(H,16,17). The Morgan fingerprint density at radius 1 is 1.56 bits per heavy atom. The summed E-state index contributed by atoms with van der Waals surface area (Å²) in [5, 5.41) is 9.29. The van der Waals surface area contributed by atoms with Crippen LogP contribution in [0.1, 0.15) is 16.1 Å². The number of carboxylic acids is 1. The predicted molar refractivity (Wildman–Crippen MR) is 66.3 cm³/mol. The molecular formula is C12H11ClN2O3. The number of hydrogen-bond acceptors (Lipinski definition) is 3. The highest BCUT2D eigenvalue weighted by Gasteiger charge is 2.07. The summed E-state index contributed by atoms with van der Waals surface area (Å²) >= 11 is 6.01. The summed E-state index contributed by atoms with van der Waals surface area (Å²) in [4.78, 5) is 14.5. The molecule has 18 heavy (non-hydrogen) atoms. The summed E-state index contributed by atoms with van der Waals surface area (Å²) in [5.41, 5.74) is 0.963. The fraction of sp³-hybridized carbons (Fsp3) is 0.167. The Balaban J connectivity index is 2.18. The summed E-state index contributed by atoms with van der Waals surface area (Å²) in [5.74, 6) is -0.432. The molecule has 0 saturated carbocycles. The average Bonchev–Trinajstić information content (AvgIpc) is 2.78. The molecule has 0 radical (unpaired) electrons. The second kappa shape index (κ2) is 5.10. The van der Waals surface area contributed by atoms with E-state index in [1.807, 2.05) is 6.07 Å². The number of carboxylic acid groups (broad SMARTS) is 1. The summed E-state index contributed by atoms with van der Waals surface area (Å²) in [7, 11) is 1.55. The number of carbonyl (C=O) groups is 1. The molecule has 94 valence electrons. The minimum Gasteiger partial charge on any atom is -0.495 e. The molecule has 0 spiro atoms. The van der Waals surface area contributed by atoms with E-state index >= 15 is 0 Å². The lowest BCUT2D eigenvalue weighted by atomic mass is 10.2. The quantitative estimate of drug-likeness (QED) is 0.922. The topological polar surface area (TPSA) is 64.4 Å². The minimum atomic E-state index is -1.04. The molecule has 0 aliphatic rings. The van der Waals surface area contributed by atoms with Gasteiger partial charge in [-0.3, -0.25) is 0 Å². The van der Waals surface area contributed by atoms with Crippen LogP contribution in [0.3, 0.4) is 0 Å². The van der Waals surface area contributed by atoms with E-state index in [-0.39, 0.29) is 5.69 Å². The number of benzene rings is 1. The number of aromatic carboxylic acids is 1. The van der Waals surface area contributed by atoms with Crippen LogP contribution >= 0.6 is 11.6 Å². The first-order chi connectivity index (χ1) is 8.60. The van der Waals surface area contributed by atoms with Gasteiger partial charge in [0.15, 0.2) is 5.69 Å². The number of hydrogen-bond donors (Lipinski definition) is 1. The van der Waals surface area contributed by atoms with Crippen molar-refractivity contribution in [2.75, 3.05) is 7.11 Å². The van der Waals surface area contributed by atoms with E-state index < -0.39 is 5.97 Å². The van der Waals surface area contributed by atoms with Crippen LogP contribution in [0, 0.1) is 0 Å². The Labute approximate surface area is 109 Å². The van der Waals surface area contributed by atoms with Gasteiger partial charge in [-0.25, -0.2) is 9.78 Å². The number of imidazole rings is 1. The first-order valence-corrected chi connectivity index (χ1v) is 5.55. The molecule has 0 fully saturated rings. The van der Waals surface area contributed by atoms with Crippen LogP contribution in [0.5, 0.6) is 5.75 Å². The maximum absolute atomic E-state index is 10.7. The van der Waals surface area contributed by atoms with Gasteiger partial charge < -0.3 is 14.4 Å². The van der Waals surface area contributed by atoms with Gasteiger partial charge in [0.05, 0.1) is 18.5 Å². The number of aromatic nitrogens is 2. The van der Waals surface area contributed by atoms with Crippen LogP contribution in [-0.4, -0.2) is 27.7 Å². The van der Waals surface area contributed by atoms with Crippen molar-refractivity contribution >= 4 is 17.6 Å². The maximum Gasteiger partial charge on any atom is 0.356 e. The second-order valence-corrected chi connectivity index (χ2v) is 4.11. The summed E-state index contributed by atoms with van der Waals surface area (Å²) in [6.07, 6.45) is 2.95. The molecule has 0 amide bonds. The zero-order chi connectivity index (χ0) is 13.1. The molecular weight excluding hydrogens is 256 g/mol. The first kappa shape index (κ1) is 12.4. The van der Waals surface area contributed by atoms with Crippen molar-refractivity contribution in [3.05, 3.63) is 47.0 Å². The Morgan fingerprint density at radius 2 is 2.33 bits per heavy atom. The van der Waals surface area contributed by atoms with Crippen LogP contribution < -0.4 is 4.74 Å². The zero-order valence-electron chi connectivity index (χ0n) is 9.63. The first-order valence-electron chi connectivity index (χ1n) is 5.17. The van der Waals surface area contributed by atoms with Crippen molar-refractivity contribution in [3.8, 4) is 5.75 Å². The van der Waals surface area contributed by atoms with Gasteiger partial charge in [0.25, 0.3) is 0 Å². The third-order valence-electron chi connectivity index (χ3n) is 2.43. The third-order valence-corrected chi connectivity index (χ3v) is 2.73. The molecule has 1 aromatic heterocycles. The van der Waals surface area contributed by atoms with Gasteiger partial charge in [-0.05, 0) is 17.7 Å². The third kappa shape index (κ3) is 2.62. The van der Waals surface area contributed by atoms with Gasteiger partial charge in [0, 0.05) is 12.7 Å². The van der Waals surface area contributed by atoms with Gasteiger partial charge in [0.2, 0.25) is 0 Å². The Hall–Kier alpha value is -2.01. The van der Waals surface area contributed by atoms with Crippen molar-refractivity contribution < 1.29 is 14.6 Å². The van der Waals surface area contributed by atoms with Crippen LogP contribution in [0.25, 0.3) is 0 Å². The van der Waals surface area contributed by atoms with Crippen molar-refractivity contribution in [3.63, 3.8) is 0 Å². The Kier molecular flexibility index (Phi) is 3.53.